The number of carbonyl (C=O) groups excluding carboxylic acids is 1. The zero-order chi connectivity index (χ0) is 14.0. The van der Waals surface area contributed by atoms with Crippen LogP contribution in [-0.2, 0) is 4.79 Å². The molecule has 1 aromatic heterocycles. The summed E-state index contributed by atoms with van der Waals surface area (Å²) in [6.45, 7) is 3.96. The zero-order valence-electron chi connectivity index (χ0n) is 11.3. The van der Waals surface area contributed by atoms with E-state index in [1.54, 1.807) is 19.9 Å². The fourth-order valence-corrected chi connectivity index (χ4v) is 2.63. The molecule has 0 radical (unpaired) electrons. The van der Waals surface area contributed by atoms with Crippen molar-refractivity contribution in [1.29, 1.82) is 0 Å². The van der Waals surface area contributed by atoms with E-state index < -0.39 is 5.97 Å². The number of rotatable bonds is 5. The molecule has 0 unspecified atom stereocenters. The predicted octanol–water partition coefficient (Wildman–Crippen LogP) is 2.27. The molecule has 5 heteroatoms. The van der Waals surface area contributed by atoms with Gasteiger partial charge in [0.05, 0.1) is 12.0 Å². The molecule has 0 saturated heterocycles. The Hall–Kier alpha value is -1.78. The van der Waals surface area contributed by atoms with Crippen molar-refractivity contribution in [1.82, 2.24) is 5.32 Å². The van der Waals surface area contributed by atoms with Gasteiger partial charge < -0.3 is 14.8 Å². The smallest absolute Gasteiger partial charge is 0.303 e. The Kier molecular flexibility index (Phi) is 3.64. The second kappa shape index (κ2) is 5.07. The van der Waals surface area contributed by atoms with Gasteiger partial charge in [-0.15, -0.1) is 0 Å². The summed E-state index contributed by atoms with van der Waals surface area (Å²) in [4.78, 5) is 22.9. The summed E-state index contributed by atoms with van der Waals surface area (Å²) < 4.78 is 5.32. The van der Waals surface area contributed by atoms with Crippen molar-refractivity contribution < 1.29 is 19.1 Å². The van der Waals surface area contributed by atoms with Crippen LogP contribution in [0.5, 0.6) is 0 Å². The number of carbonyl (C=O) groups is 2. The van der Waals surface area contributed by atoms with Gasteiger partial charge in [-0.1, -0.05) is 6.42 Å². The molecule has 1 heterocycles. The summed E-state index contributed by atoms with van der Waals surface area (Å²) in [5.74, 6) is 0.303. The Balaban J connectivity index is 1.96. The van der Waals surface area contributed by atoms with E-state index in [4.69, 9.17) is 9.52 Å². The van der Waals surface area contributed by atoms with Crippen molar-refractivity contribution in [3.05, 3.63) is 23.2 Å². The highest BCUT2D eigenvalue weighted by molar-refractivity contribution is 5.95. The normalized spacial score (nSPS) is 16.7. The van der Waals surface area contributed by atoms with E-state index in [1.807, 2.05) is 0 Å². The standard InChI is InChI=1S/C14H19NO4/c1-9-6-11(10(2)19-9)13(18)15-8-14(4-3-5-14)7-12(16)17/h6H,3-5,7-8H2,1-2H3,(H,15,18)(H,16,17). The maximum Gasteiger partial charge on any atom is 0.303 e. The second-order valence-corrected chi connectivity index (χ2v) is 5.43. The van der Waals surface area contributed by atoms with E-state index in [2.05, 4.69) is 5.32 Å². The Labute approximate surface area is 112 Å². The number of furan rings is 1. The van der Waals surface area contributed by atoms with Crippen LogP contribution in [0.15, 0.2) is 10.5 Å². The number of carboxylic acid groups (broad SMARTS) is 1. The lowest BCUT2D eigenvalue weighted by molar-refractivity contribution is -0.141. The zero-order valence-corrected chi connectivity index (χ0v) is 11.3. The fourth-order valence-electron chi connectivity index (χ4n) is 2.63. The first kappa shape index (κ1) is 13.6. The largest absolute Gasteiger partial charge is 0.481 e. The van der Waals surface area contributed by atoms with Crippen LogP contribution in [0, 0.1) is 19.3 Å². The first-order valence-corrected chi connectivity index (χ1v) is 6.49. The van der Waals surface area contributed by atoms with Crippen molar-refractivity contribution in [2.45, 2.75) is 39.5 Å². The lowest BCUT2D eigenvalue weighted by Gasteiger charge is -2.40. The quantitative estimate of drug-likeness (QED) is 0.856. The summed E-state index contributed by atoms with van der Waals surface area (Å²) in [6, 6.07) is 1.70. The first-order valence-electron chi connectivity index (χ1n) is 6.49. The van der Waals surface area contributed by atoms with Gasteiger partial charge in [0, 0.05) is 6.54 Å². The van der Waals surface area contributed by atoms with Crippen LogP contribution in [0.3, 0.4) is 0 Å². The number of aliphatic carboxylic acids is 1. The molecule has 5 nitrogen and oxygen atoms in total. The van der Waals surface area contributed by atoms with Crippen LogP contribution in [0.4, 0.5) is 0 Å². The number of carboxylic acids is 1. The Morgan fingerprint density at radius 1 is 1.42 bits per heavy atom. The van der Waals surface area contributed by atoms with E-state index in [0.29, 0.717) is 23.6 Å². The number of hydrogen-bond acceptors (Lipinski definition) is 3. The van der Waals surface area contributed by atoms with E-state index in [1.165, 1.54) is 0 Å². The summed E-state index contributed by atoms with van der Waals surface area (Å²) in [7, 11) is 0. The van der Waals surface area contributed by atoms with Crippen molar-refractivity contribution in [2.75, 3.05) is 6.54 Å². The van der Waals surface area contributed by atoms with Crippen LogP contribution in [-0.4, -0.2) is 23.5 Å². The van der Waals surface area contributed by atoms with E-state index in [0.717, 1.165) is 19.3 Å². The molecule has 0 atom stereocenters. The molecule has 0 aliphatic heterocycles. The van der Waals surface area contributed by atoms with Crippen molar-refractivity contribution in [2.24, 2.45) is 5.41 Å². The summed E-state index contributed by atoms with van der Waals surface area (Å²) in [5.41, 5.74) is 0.274. The Morgan fingerprint density at radius 2 is 2.11 bits per heavy atom. The third kappa shape index (κ3) is 2.97. The molecule has 2 rings (SSSR count). The second-order valence-electron chi connectivity index (χ2n) is 5.43. The third-order valence-corrected chi connectivity index (χ3v) is 3.85. The van der Waals surface area contributed by atoms with Gasteiger partial charge in [-0.05, 0) is 38.2 Å². The van der Waals surface area contributed by atoms with Crippen molar-refractivity contribution in [3.8, 4) is 0 Å². The summed E-state index contributed by atoms with van der Waals surface area (Å²) >= 11 is 0. The molecular weight excluding hydrogens is 246 g/mol. The minimum atomic E-state index is -0.802. The third-order valence-electron chi connectivity index (χ3n) is 3.85. The monoisotopic (exact) mass is 265 g/mol. The average Bonchev–Trinajstić information content (AvgIpc) is 2.60. The SMILES string of the molecule is Cc1cc(C(=O)NCC2(CC(=O)O)CCC2)c(C)o1. The topological polar surface area (TPSA) is 79.5 Å². The van der Waals surface area contributed by atoms with Gasteiger partial charge in [0.25, 0.3) is 5.91 Å². The molecule has 0 bridgehead atoms. The van der Waals surface area contributed by atoms with Gasteiger partial charge in [0.15, 0.2) is 0 Å². The van der Waals surface area contributed by atoms with Gasteiger partial charge in [0.2, 0.25) is 0 Å². The van der Waals surface area contributed by atoms with Gasteiger partial charge in [-0.2, -0.15) is 0 Å². The number of aryl methyl sites for hydroxylation is 2. The van der Waals surface area contributed by atoms with E-state index in [9.17, 15) is 9.59 Å². The molecule has 19 heavy (non-hydrogen) atoms. The highest BCUT2D eigenvalue weighted by Gasteiger charge is 2.39. The Morgan fingerprint density at radius 3 is 2.53 bits per heavy atom. The minimum absolute atomic E-state index is 0.122. The lowest BCUT2D eigenvalue weighted by atomic mass is 9.66. The van der Waals surface area contributed by atoms with Gasteiger partial charge in [0.1, 0.15) is 11.5 Å². The molecule has 1 fully saturated rings. The molecule has 1 aliphatic carbocycles. The lowest BCUT2D eigenvalue weighted by Crippen LogP contribution is -2.43. The fraction of sp³-hybridized carbons (Fsp3) is 0.571. The van der Waals surface area contributed by atoms with Crippen LogP contribution >= 0.6 is 0 Å². The summed E-state index contributed by atoms with van der Waals surface area (Å²) in [6.07, 6.45) is 2.88. The molecule has 1 amide bonds. The van der Waals surface area contributed by atoms with Gasteiger partial charge >= 0.3 is 5.97 Å². The van der Waals surface area contributed by atoms with Gasteiger partial charge in [-0.3, -0.25) is 9.59 Å². The van der Waals surface area contributed by atoms with Crippen molar-refractivity contribution in [3.63, 3.8) is 0 Å². The summed E-state index contributed by atoms with van der Waals surface area (Å²) in [5, 5.41) is 11.8. The van der Waals surface area contributed by atoms with Crippen molar-refractivity contribution >= 4 is 11.9 Å². The van der Waals surface area contributed by atoms with Crippen LogP contribution in [0.1, 0.15) is 47.6 Å². The molecule has 1 aromatic rings. The molecule has 104 valence electrons. The predicted molar refractivity (Wildman–Crippen MR) is 69.1 cm³/mol. The Bertz CT molecular complexity index is 500. The van der Waals surface area contributed by atoms with E-state index >= 15 is 0 Å². The maximum atomic E-state index is 12.0. The number of amides is 1. The molecular formula is C14H19NO4. The molecule has 1 aliphatic rings. The number of hydrogen-bond donors (Lipinski definition) is 2. The van der Waals surface area contributed by atoms with E-state index in [-0.39, 0.29) is 17.7 Å². The number of nitrogens with one attached hydrogen (secondary N) is 1. The average molecular weight is 265 g/mol. The highest BCUT2D eigenvalue weighted by Crippen LogP contribution is 2.43. The first-order chi connectivity index (χ1) is 8.92. The highest BCUT2D eigenvalue weighted by atomic mass is 16.4. The maximum absolute atomic E-state index is 12.0. The molecule has 0 spiro atoms. The van der Waals surface area contributed by atoms with Gasteiger partial charge in [-0.25, -0.2) is 0 Å². The van der Waals surface area contributed by atoms with Crippen LogP contribution < -0.4 is 5.32 Å². The van der Waals surface area contributed by atoms with Crippen LogP contribution in [0.25, 0.3) is 0 Å². The molecule has 0 aromatic carbocycles. The molecule has 2 N–H and O–H groups in total. The van der Waals surface area contributed by atoms with Crippen LogP contribution in [0.2, 0.25) is 0 Å². The minimum Gasteiger partial charge on any atom is -0.481 e. The molecule has 1 saturated carbocycles.